The van der Waals surface area contributed by atoms with Gasteiger partial charge in [0.2, 0.25) is 18.5 Å². The fourth-order valence-corrected chi connectivity index (χ4v) is 5.85. The summed E-state index contributed by atoms with van der Waals surface area (Å²) in [6, 6.07) is -1.64. The third kappa shape index (κ3) is 8.45. The largest absolute Gasteiger partial charge is 0.435 e. The van der Waals surface area contributed by atoms with Crippen LogP contribution in [0, 0.1) is 0 Å². The van der Waals surface area contributed by atoms with Gasteiger partial charge in [-0.15, -0.1) is 0 Å². The zero-order valence-electron chi connectivity index (χ0n) is 25.7. The maximum absolute atomic E-state index is 12.1. The summed E-state index contributed by atoms with van der Waals surface area (Å²) in [7, 11) is 0. The number of hydrogen-bond donors (Lipinski definition) is 11. The highest BCUT2D eigenvalue weighted by Crippen LogP contribution is 2.34. The molecule has 0 aromatic rings. The maximum atomic E-state index is 12.1. The van der Waals surface area contributed by atoms with E-state index < -0.39 is 136 Å². The molecular weight excluding hydrogens is 676 g/mol. The van der Waals surface area contributed by atoms with Gasteiger partial charge >= 0.3 is 0 Å². The van der Waals surface area contributed by atoms with E-state index in [0.717, 1.165) is 6.92 Å². The number of aliphatic hydroxyl groups is 9. The molecule has 8 unspecified atom stereocenters. The molecule has 0 aromatic heterocycles. The number of carbonyl (C=O) groups excluding carboxylic acids is 3. The van der Waals surface area contributed by atoms with E-state index >= 15 is 0 Å². The van der Waals surface area contributed by atoms with E-state index in [4.69, 9.17) is 43.6 Å². The molecule has 1 amide bonds. The highest BCUT2D eigenvalue weighted by atomic mass is 16.8. The molecule has 282 valence electrons. The number of carbonyl (C=O) groups is 3. The first-order chi connectivity index (χ1) is 23.3. The topological polar surface area (TPSA) is 354 Å². The van der Waals surface area contributed by atoms with Gasteiger partial charge in [0.15, 0.2) is 25.0 Å². The predicted molar refractivity (Wildman–Crippen MR) is 146 cm³/mol. The average molecular weight is 719 g/mol. The highest BCUT2D eigenvalue weighted by Gasteiger charge is 2.56. The van der Waals surface area contributed by atoms with Gasteiger partial charge in [-0.05, 0) is 0 Å². The molecule has 0 aromatic carbocycles. The summed E-state index contributed by atoms with van der Waals surface area (Å²) in [4.78, 5) is 34.3. The molecule has 0 radical (unpaired) electrons. The normalized spacial score (nSPS) is 47.3. The summed E-state index contributed by atoms with van der Waals surface area (Å²) in [5.74, 6) is -0.768. The molecule has 4 saturated heterocycles. The van der Waals surface area contributed by atoms with Crippen LogP contribution in [0.1, 0.15) is 6.92 Å². The molecule has 19 atom stereocenters. The van der Waals surface area contributed by atoms with Gasteiger partial charge in [-0.1, -0.05) is 0 Å². The van der Waals surface area contributed by atoms with Crippen molar-refractivity contribution in [1.29, 1.82) is 0 Å². The summed E-state index contributed by atoms with van der Waals surface area (Å²) in [5, 5.41) is 96.5. The van der Waals surface area contributed by atoms with E-state index in [0.29, 0.717) is 0 Å². The molecule has 0 aliphatic carbocycles. The Bertz CT molecular complexity index is 1090. The summed E-state index contributed by atoms with van der Waals surface area (Å²) in [5.41, 5.74) is 5.56. The van der Waals surface area contributed by atoms with Crippen LogP contribution in [0.2, 0.25) is 0 Å². The second kappa shape index (κ2) is 17.3. The van der Waals surface area contributed by atoms with Crippen LogP contribution in [0.4, 0.5) is 0 Å². The van der Waals surface area contributed by atoms with Crippen molar-refractivity contribution >= 4 is 18.9 Å². The summed E-state index contributed by atoms with van der Waals surface area (Å²) >= 11 is 0. The minimum Gasteiger partial charge on any atom is -0.435 e. The molecule has 4 aliphatic rings. The predicted octanol–water partition coefficient (Wildman–Crippen LogP) is -8.68. The van der Waals surface area contributed by atoms with Crippen LogP contribution in [0.25, 0.3) is 0 Å². The number of ether oxygens (including phenoxy) is 9. The lowest BCUT2D eigenvalue weighted by Crippen LogP contribution is -2.69. The quantitative estimate of drug-likeness (QED) is 0.0743. The molecule has 4 fully saturated rings. The van der Waals surface area contributed by atoms with E-state index in [1.165, 1.54) is 0 Å². The lowest BCUT2D eigenvalue weighted by atomic mass is 9.95. The van der Waals surface area contributed by atoms with Crippen LogP contribution in [-0.2, 0) is 57.0 Å². The number of aliphatic hydroxyl groups excluding tert-OH is 9. The van der Waals surface area contributed by atoms with Gasteiger partial charge in [0, 0.05) is 13.5 Å². The number of nitrogens with two attached hydrogens (primary N) is 1. The van der Waals surface area contributed by atoms with Crippen molar-refractivity contribution in [3.8, 4) is 0 Å². The number of nitrogens with one attached hydrogen (secondary N) is 1. The molecule has 0 spiro atoms. The molecule has 23 nitrogen and oxygen atoms in total. The number of rotatable bonds is 14. The Morgan fingerprint density at radius 3 is 1.65 bits per heavy atom. The first-order valence-corrected chi connectivity index (χ1v) is 15.0. The fraction of sp³-hybridized carbons (Fsp3) is 0.885. The van der Waals surface area contributed by atoms with Crippen molar-refractivity contribution in [3.63, 3.8) is 0 Å². The zero-order chi connectivity index (χ0) is 36.2. The molecule has 4 rings (SSSR count). The Hall–Kier alpha value is -2.27. The smallest absolute Gasteiger partial charge is 0.295 e. The van der Waals surface area contributed by atoms with Crippen LogP contribution >= 0.6 is 0 Å². The second-order valence-electron chi connectivity index (χ2n) is 11.5. The van der Waals surface area contributed by atoms with Gasteiger partial charge in [0.25, 0.3) is 12.9 Å². The molecular formula is C26H42N2O21. The van der Waals surface area contributed by atoms with Crippen LogP contribution in [0.5, 0.6) is 0 Å². The summed E-state index contributed by atoms with van der Waals surface area (Å²) in [6.07, 6.45) is -31.0. The van der Waals surface area contributed by atoms with Crippen LogP contribution in [0.3, 0.4) is 0 Å². The molecule has 4 aliphatic heterocycles. The first kappa shape index (κ1) is 39.5. The Morgan fingerprint density at radius 1 is 0.612 bits per heavy atom. The van der Waals surface area contributed by atoms with Gasteiger partial charge < -0.3 is 99.6 Å². The first-order valence-electron chi connectivity index (χ1n) is 15.0. The van der Waals surface area contributed by atoms with Gasteiger partial charge in [0.05, 0.1) is 19.3 Å². The summed E-state index contributed by atoms with van der Waals surface area (Å²) < 4.78 is 48.3. The second-order valence-corrected chi connectivity index (χ2v) is 11.5. The summed E-state index contributed by atoms with van der Waals surface area (Å²) in [6.45, 7) is -0.877. The standard InChI is InChI=1S/C26H42N2O21/c1-7(33)28-11-13(35)20(46-24-17(39)14(36)16(38)23(48-24)41-5-31)10(4-30)44-22(11)47-21-15(37)18(40)25(49-26(21)42-6-32)45-19-9(3-29)43-8(2-27)12(19)34/h5-6,8-26,29-30,34-40H,2-4,27H2,1H3,(H,28,33)/t8?,9?,10?,11?,12-,13-,14+,15-,16+,17?,18?,19-,20-,21+,22-,23?,24-,25-,26?/m1/s1. The van der Waals surface area contributed by atoms with E-state index in [9.17, 15) is 60.3 Å². The zero-order valence-corrected chi connectivity index (χ0v) is 25.7. The molecule has 49 heavy (non-hydrogen) atoms. The van der Waals surface area contributed by atoms with Crippen LogP contribution in [-0.4, -0.2) is 201 Å². The molecule has 4 heterocycles. The van der Waals surface area contributed by atoms with E-state index in [1.54, 1.807) is 0 Å². The lowest BCUT2D eigenvalue weighted by molar-refractivity contribution is -0.392. The van der Waals surface area contributed by atoms with Crippen molar-refractivity contribution in [3.05, 3.63) is 0 Å². The van der Waals surface area contributed by atoms with Gasteiger partial charge in [0.1, 0.15) is 73.2 Å². The third-order valence-electron chi connectivity index (χ3n) is 8.35. The Kier molecular flexibility index (Phi) is 13.9. The van der Waals surface area contributed by atoms with Crippen LogP contribution in [0.15, 0.2) is 0 Å². The number of hydrogen-bond acceptors (Lipinski definition) is 22. The van der Waals surface area contributed by atoms with Crippen molar-refractivity contribution in [1.82, 2.24) is 5.32 Å². The molecule has 23 heteroatoms. The monoisotopic (exact) mass is 718 g/mol. The van der Waals surface area contributed by atoms with Crippen molar-refractivity contribution in [2.45, 2.75) is 124 Å². The SMILES string of the molecule is CC(=O)NC1[C@@H](O[C@@H]2C(OC=O)O[C@@H](O[C@@H]3C(CO)OC(CN)[C@H]3O)C(O)[C@H]2O)OC(CO)[C@@H](O[C@@H]2OC(OC=O)[C@@H](O)[C@H](O)C2O)[C@@H]1O. The average Bonchev–Trinajstić information content (AvgIpc) is 3.38. The maximum Gasteiger partial charge on any atom is 0.295 e. The minimum absolute atomic E-state index is 0.0955. The van der Waals surface area contributed by atoms with Gasteiger partial charge in [-0.2, -0.15) is 0 Å². The Labute approximate surface area is 276 Å². The van der Waals surface area contributed by atoms with Gasteiger partial charge in [-0.3, -0.25) is 14.4 Å². The highest BCUT2D eigenvalue weighted by molar-refractivity contribution is 5.73. The fourth-order valence-electron chi connectivity index (χ4n) is 5.85. The molecule has 0 saturated carbocycles. The third-order valence-corrected chi connectivity index (χ3v) is 8.35. The van der Waals surface area contributed by atoms with Crippen molar-refractivity contribution in [2.24, 2.45) is 5.73 Å². The van der Waals surface area contributed by atoms with Crippen LogP contribution < -0.4 is 11.1 Å². The number of amides is 1. The minimum atomic E-state index is -2.03. The van der Waals surface area contributed by atoms with Gasteiger partial charge in [-0.25, -0.2) is 0 Å². The van der Waals surface area contributed by atoms with E-state index in [2.05, 4.69) is 10.1 Å². The molecule has 12 N–H and O–H groups in total. The Morgan fingerprint density at radius 2 is 1.10 bits per heavy atom. The Balaban J connectivity index is 1.53. The van der Waals surface area contributed by atoms with Crippen molar-refractivity contribution in [2.75, 3.05) is 19.8 Å². The van der Waals surface area contributed by atoms with E-state index in [1.807, 2.05) is 0 Å². The molecule has 0 bridgehead atoms. The van der Waals surface area contributed by atoms with Crippen molar-refractivity contribution < 1.29 is 103 Å². The van der Waals surface area contributed by atoms with E-state index in [-0.39, 0.29) is 19.5 Å². The lowest BCUT2D eigenvalue weighted by Gasteiger charge is -2.49.